The van der Waals surface area contributed by atoms with Crippen LogP contribution in [0.1, 0.15) is 33.6 Å². The van der Waals surface area contributed by atoms with Crippen LogP contribution in [-0.2, 0) is 10.3 Å². The zero-order chi connectivity index (χ0) is 13.1. The maximum absolute atomic E-state index is 11.7. The number of aliphatic carboxylic acids is 1. The van der Waals surface area contributed by atoms with E-state index in [2.05, 4.69) is 0 Å². The first-order valence-electron chi connectivity index (χ1n) is 5.79. The molecule has 1 unspecified atom stereocenters. The van der Waals surface area contributed by atoms with E-state index in [4.69, 9.17) is 0 Å². The van der Waals surface area contributed by atoms with Gasteiger partial charge in [-0.25, -0.2) is 4.79 Å². The molecule has 1 aromatic heterocycles. The highest BCUT2D eigenvalue weighted by molar-refractivity contribution is 5.76. The Morgan fingerprint density at radius 1 is 1.47 bits per heavy atom. The molecule has 1 atom stereocenters. The Kier molecular flexibility index (Phi) is 4.10. The molecule has 1 N–H and O–H groups in total. The standard InChI is InChI=1S/C13H19NO3/c1-10(2)7-8-13(3,12(16)17)14-9-5-4-6-11(14)15/h4-6,9-10H,7-8H2,1-3H3,(H,16,17). The van der Waals surface area contributed by atoms with Gasteiger partial charge in [0.05, 0.1) is 0 Å². The molecule has 1 aromatic rings. The topological polar surface area (TPSA) is 59.3 Å². The smallest absolute Gasteiger partial charge is 0.329 e. The van der Waals surface area contributed by atoms with Crippen molar-refractivity contribution in [1.82, 2.24) is 4.57 Å². The van der Waals surface area contributed by atoms with Crippen LogP contribution in [0, 0.1) is 5.92 Å². The molecule has 0 aliphatic carbocycles. The summed E-state index contributed by atoms with van der Waals surface area (Å²) in [5.41, 5.74) is -1.44. The van der Waals surface area contributed by atoms with E-state index in [0.717, 1.165) is 6.42 Å². The van der Waals surface area contributed by atoms with E-state index in [9.17, 15) is 14.7 Å². The van der Waals surface area contributed by atoms with Crippen LogP contribution in [0.3, 0.4) is 0 Å². The molecule has 0 saturated carbocycles. The van der Waals surface area contributed by atoms with Crippen molar-refractivity contribution in [1.29, 1.82) is 0 Å². The minimum absolute atomic E-state index is 0.277. The van der Waals surface area contributed by atoms with E-state index in [-0.39, 0.29) is 5.56 Å². The minimum atomic E-state index is -1.16. The highest BCUT2D eigenvalue weighted by Gasteiger charge is 2.35. The molecule has 0 radical (unpaired) electrons. The van der Waals surface area contributed by atoms with E-state index in [1.165, 1.54) is 16.8 Å². The monoisotopic (exact) mass is 237 g/mol. The maximum Gasteiger partial charge on any atom is 0.329 e. The van der Waals surface area contributed by atoms with Crippen molar-refractivity contribution in [2.45, 2.75) is 39.2 Å². The van der Waals surface area contributed by atoms with Gasteiger partial charge in [-0.2, -0.15) is 0 Å². The summed E-state index contributed by atoms with van der Waals surface area (Å²) in [5.74, 6) is -0.556. The van der Waals surface area contributed by atoms with E-state index in [0.29, 0.717) is 12.3 Å². The summed E-state index contributed by atoms with van der Waals surface area (Å²) in [5, 5.41) is 9.36. The van der Waals surface area contributed by atoms with Crippen LogP contribution in [0.15, 0.2) is 29.2 Å². The van der Waals surface area contributed by atoms with Gasteiger partial charge in [-0.15, -0.1) is 0 Å². The number of carboxylic acids is 1. The number of rotatable bonds is 5. The lowest BCUT2D eigenvalue weighted by Gasteiger charge is -2.28. The van der Waals surface area contributed by atoms with Gasteiger partial charge in [0.2, 0.25) is 0 Å². The van der Waals surface area contributed by atoms with Gasteiger partial charge < -0.3 is 5.11 Å². The molecule has 0 aliphatic rings. The van der Waals surface area contributed by atoms with Crippen molar-refractivity contribution in [2.75, 3.05) is 0 Å². The highest BCUT2D eigenvalue weighted by atomic mass is 16.4. The van der Waals surface area contributed by atoms with Crippen LogP contribution >= 0.6 is 0 Å². The fraction of sp³-hybridized carbons (Fsp3) is 0.538. The number of hydrogen-bond acceptors (Lipinski definition) is 2. The lowest BCUT2D eigenvalue weighted by atomic mass is 9.91. The molecule has 94 valence electrons. The molecule has 1 heterocycles. The summed E-state index contributed by atoms with van der Waals surface area (Å²) in [6.07, 6.45) is 2.75. The van der Waals surface area contributed by atoms with Crippen LogP contribution in [0.25, 0.3) is 0 Å². The summed E-state index contributed by atoms with van der Waals surface area (Å²) in [6, 6.07) is 4.68. The first kappa shape index (κ1) is 13.5. The minimum Gasteiger partial charge on any atom is -0.479 e. The zero-order valence-corrected chi connectivity index (χ0v) is 10.5. The molecular formula is C13H19NO3. The zero-order valence-electron chi connectivity index (χ0n) is 10.5. The van der Waals surface area contributed by atoms with Crippen molar-refractivity contribution in [2.24, 2.45) is 5.92 Å². The second kappa shape index (κ2) is 5.17. The molecule has 1 rings (SSSR count). The Hall–Kier alpha value is -1.58. The number of nitrogens with zero attached hydrogens (tertiary/aromatic N) is 1. The van der Waals surface area contributed by atoms with Crippen molar-refractivity contribution in [3.05, 3.63) is 34.7 Å². The SMILES string of the molecule is CC(C)CCC(C)(C(=O)O)n1ccccc1=O. The van der Waals surface area contributed by atoms with Gasteiger partial charge >= 0.3 is 5.97 Å². The fourth-order valence-corrected chi connectivity index (χ4v) is 1.74. The summed E-state index contributed by atoms with van der Waals surface area (Å²) in [7, 11) is 0. The number of carbonyl (C=O) groups is 1. The third kappa shape index (κ3) is 2.96. The maximum atomic E-state index is 11.7. The summed E-state index contributed by atoms with van der Waals surface area (Å²) < 4.78 is 1.30. The molecule has 4 heteroatoms. The van der Waals surface area contributed by atoms with E-state index in [1.54, 1.807) is 19.1 Å². The molecule has 0 aromatic carbocycles. The molecule has 0 amide bonds. The Morgan fingerprint density at radius 3 is 2.59 bits per heavy atom. The van der Waals surface area contributed by atoms with Crippen LogP contribution < -0.4 is 5.56 Å². The van der Waals surface area contributed by atoms with Gasteiger partial charge in [-0.1, -0.05) is 19.9 Å². The van der Waals surface area contributed by atoms with Gasteiger partial charge in [0.1, 0.15) is 5.54 Å². The molecule has 0 fully saturated rings. The first-order chi connectivity index (χ1) is 7.88. The van der Waals surface area contributed by atoms with Gasteiger partial charge in [-0.3, -0.25) is 9.36 Å². The Bertz CT molecular complexity index is 450. The van der Waals surface area contributed by atoms with E-state index >= 15 is 0 Å². The Labute approximate surface area is 101 Å². The lowest BCUT2D eigenvalue weighted by Crippen LogP contribution is -2.44. The average Bonchev–Trinajstić information content (AvgIpc) is 2.26. The summed E-state index contributed by atoms with van der Waals surface area (Å²) >= 11 is 0. The molecule has 0 saturated heterocycles. The molecular weight excluding hydrogens is 218 g/mol. The second-order valence-corrected chi connectivity index (χ2v) is 4.92. The number of pyridine rings is 1. The quantitative estimate of drug-likeness (QED) is 0.853. The van der Waals surface area contributed by atoms with Gasteiger partial charge in [-0.05, 0) is 31.7 Å². The largest absolute Gasteiger partial charge is 0.479 e. The van der Waals surface area contributed by atoms with Gasteiger partial charge in [0, 0.05) is 12.3 Å². The lowest BCUT2D eigenvalue weighted by molar-refractivity contribution is -0.147. The van der Waals surface area contributed by atoms with Crippen LogP contribution in [-0.4, -0.2) is 15.6 Å². The molecule has 0 aliphatic heterocycles. The fourth-order valence-electron chi connectivity index (χ4n) is 1.74. The molecule has 17 heavy (non-hydrogen) atoms. The van der Waals surface area contributed by atoms with Crippen molar-refractivity contribution >= 4 is 5.97 Å². The first-order valence-corrected chi connectivity index (χ1v) is 5.79. The molecule has 4 nitrogen and oxygen atoms in total. The number of carboxylic acid groups (broad SMARTS) is 1. The van der Waals surface area contributed by atoms with E-state index in [1.807, 2.05) is 13.8 Å². The predicted molar refractivity (Wildman–Crippen MR) is 66.1 cm³/mol. The third-order valence-corrected chi connectivity index (χ3v) is 3.02. The number of aromatic nitrogens is 1. The van der Waals surface area contributed by atoms with Crippen LogP contribution in [0.5, 0.6) is 0 Å². The van der Waals surface area contributed by atoms with Crippen molar-refractivity contribution < 1.29 is 9.90 Å². The van der Waals surface area contributed by atoms with Crippen LogP contribution in [0.4, 0.5) is 0 Å². The van der Waals surface area contributed by atoms with Crippen molar-refractivity contribution in [3.63, 3.8) is 0 Å². The van der Waals surface area contributed by atoms with Crippen LogP contribution in [0.2, 0.25) is 0 Å². The summed E-state index contributed by atoms with van der Waals surface area (Å²) in [6.45, 7) is 5.67. The third-order valence-electron chi connectivity index (χ3n) is 3.02. The molecule has 0 bridgehead atoms. The second-order valence-electron chi connectivity index (χ2n) is 4.92. The Balaban J connectivity index is 3.13. The number of hydrogen-bond donors (Lipinski definition) is 1. The predicted octanol–water partition coefficient (Wildman–Crippen LogP) is 2.08. The normalized spacial score (nSPS) is 14.6. The van der Waals surface area contributed by atoms with Gasteiger partial charge in [0.15, 0.2) is 0 Å². The average molecular weight is 237 g/mol. The molecule has 0 spiro atoms. The van der Waals surface area contributed by atoms with Crippen molar-refractivity contribution in [3.8, 4) is 0 Å². The summed E-state index contributed by atoms with van der Waals surface area (Å²) in [4.78, 5) is 23.1. The van der Waals surface area contributed by atoms with E-state index < -0.39 is 11.5 Å². The Morgan fingerprint density at radius 2 is 2.12 bits per heavy atom. The van der Waals surface area contributed by atoms with Gasteiger partial charge in [0.25, 0.3) is 5.56 Å². The highest BCUT2D eigenvalue weighted by Crippen LogP contribution is 2.23.